The standard InChI is InChI=1S/C26H34N4O3S/c1-26(2,3)25-28-23-15-21(11-14-24(23)30(25)17-20-7-5-4-6-8-20)29-34(32,33)22-12-9-19(10-13-22)16-27-18-31/h9-15,18,20,29H,4-8,16-17H2,1-3H3,(H,27,31). The fourth-order valence-electron chi connectivity index (χ4n) is 4.74. The molecule has 0 atom stereocenters. The zero-order valence-electron chi connectivity index (χ0n) is 20.2. The Balaban J connectivity index is 1.61. The molecule has 34 heavy (non-hydrogen) atoms. The van der Waals surface area contributed by atoms with E-state index in [4.69, 9.17) is 4.98 Å². The van der Waals surface area contributed by atoms with Gasteiger partial charge < -0.3 is 9.88 Å². The number of carbonyl (C=O) groups excluding carboxylic acids is 1. The predicted molar refractivity (Wildman–Crippen MR) is 135 cm³/mol. The maximum atomic E-state index is 12.9. The second kappa shape index (κ2) is 9.78. The van der Waals surface area contributed by atoms with Crippen molar-refractivity contribution in [3.8, 4) is 0 Å². The van der Waals surface area contributed by atoms with Crippen LogP contribution in [0.2, 0.25) is 0 Å². The highest BCUT2D eigenvalue weighted by Gasteiger charge is 2.25. The summed E-state index contributed by atoms with van der Waals surface area (Å²) in [4.78, 5) is 15.6. The highest BCUT2D eigenvalue weighted by atomic mass is 32.2. The first-order chi connectivity index (χ1) is 16.2. The molecule has 8 heteroatoms. The Labute approximate surface area is 202 Å². The van der Waals surface area contributed by atoms with Gasteiger partial charge in [0.1, 0.15) is 5.82 Å². The lowest BCUT2D eigenvalue weighted by Crippen LogP contribution is -2.22. The van der Waals surface area contributed by atoms with E-state index in [1.165, 1.54) is 32.1 Å². The Morgan fingerprint density at radius 2 is 1.76 bits per heavy atom. The molecular weight excluding hydrogens is 448 g/mol. The Bertz CT molecular complexity index is 1250. The van der Waals surface area contributed by atoms with E-state index in [1.807, 2.05) is 18.2 Å². The number of nitrogens with one attached hydrogen (secondary N) is 2. The molecule has 0 saturated heterocycles. The van der Waals surface area contributed by atoms with Gasteiger partial charge in [0.25, 0.3) is 10.0 Å². The molecule has 1 amide bonds. The molecule has 3 aromatic rings. The average molecular weight is 483 g/mol. The Morgan fingerprint density at radius 1 is 1.06 bits per heavy atom. The quantitative estimate of drug-likeness (QED) is 0.444. The molecule has 4 rings (SSSR count). The van der Waals surface area contributed by atoms with Crippen molar-refractivity contribution in [1.82, 2.24) is 14.9 Å². The smallest absolute Gasteiger partial charge is 0.261 e. The number of benzene rings is 2. The van der Waals surface area contributed by atoms with Crippen molar-refractivity contribution >= 4 is 33.2 Å². The van der Waals surface area contributed by atoms with Gasteiger partial charge in [-0.05, 0) is 54.7 Å². The molecule has 0 spiro atoms. The third-order valence-electron chi connectivity index (χ3n) is 6.46. The van der Waals surface area contributed by atoms with Gasteiger partial charge in [0.2, 0.25) is 6.41 Å². The van der Waals surface area contributed by atoms with Crippen molar-refractivity contribution in [2.45, 2.75) is 76.3 Å². The van der Waals surface area contributed by atoms with Gasteiger partial charge in [-0.15, -0.1) is 0 Å². The second-order valence-corrected chi connectivity index (χ2v) is 11.9. The Morgan fingerprint density at radius 3 is 2.41 bits per heavy atom. The summed E-state index contributed by atoms with van der Waals surface area (Å²) < 4.78 is 30.9. The third kappa shape index (κ3) is 5.43. The van der Waals surface area contributed by atoms with Crippen LogP contribution < -0.4 is 10.0 Å². The molecule has 1 fully saturated rings. The topological polar surface area (TPSA) is 93.1 Å². The van der Waals surface area contributed by atoms with Crippen LogP contribution in [0.15, 0.2) is 47.4 Å². The third-order valence-corrected chi connectivity index (χ3v) is 7.86. The monoisotopic (exact) mass is 482 g/mol. The van der Waals surface area contributed by atoms with Crippen LogP contribution in [0, 0.1) is 5.92 Å². The summed E-state index contributed by atoms with van der Waals surface area (Å²) in [6, 6.07) is 12.1. The number of fused-ring (bicyclic) bond motifs is 1. The van der Waals surface area contributed by atoms with Crippen LogP contribution in [-0.2, 0) is 33.3 Å². The molecule has 1 heterocycles. The first-order valence-corrected chi connectivity index (χ1v) is 13.5. The summed E-state index contributed by atoms with van der Waals surface area (Å²) in [5, 5.41) is 2.57. The van der Waals surface area contributed by atoms with Gasteiger partial charge in [-0.1, -0.05) is 52.2 Å². The van der Waals surface area contributed by atoms with Gasteiger partial charge >= 0.3 is 0 Å². The maximum Gasteiger partial charge on any atom is 0.261 e. The zero-order valence-corrected chi connectivity index (χ0v) is 21.0. The van der Waals surface area contributed by atoms with Gasteiger partial charge in [0.15, 0.2) is 0 Å². The predicted octanol–water partition coefficient (Wildman–Crippen LogP) is 4.96. The number of amides is 1. The van der Waals surface area contributed by atoms with Gasteiger partial charge in [0, 0.05) is 18.5 Å². The first kappa shape index (κ1) is 24.3. The van der Waals surface area contributed by atoms with Crippen molar-refractivity contribution in [3.05, 3.63) is 53.9 Å². The van der Waals surface area contributed by atoms with Crippen LogP contribution >= 0.6 is 0 Å². The molecule has 0 bridgehead atoms. The molecule has 7 nitrogen and oxygen atoms in total. The number of carbonyl (C=O) groups is 1. The van der Waals surface area contributed by atoms with Crippen LogP contribution in [0.1, 0.15) is 64.3 Å². The molecule has 182 valence electrons. The maximum absolute atomic E-state index is 12.9. The van der Waals surface area contributed by atoms with Gasteiger partial charge in [0.05, 0.1) is 21.6 Å². The van der Waals surface area contributed by atoms with Crippen LogP contribution in [0.5, 0.6) is 0 Å². The number of anilines is 1. The summed E-state index contributed by atoms with van der Waals surface area (Å²) in [6.07, 6.45) is 7.04. The molecule has 1 aromatic heterocycles. The molecule has 2 aromatic carbocycles. The van der Waals surface area contributed by atoms with E-state index in [9.17, 15) is 13.2 Å². The Hall–Kier alpha value is -2.87. The van der Waals surface area contributed by atoms with Crippen LogP contribution in [0.25, 0.3) is 11.0 Å². The largest absolute Gasteiger partial charge is 0.355 e. The number of hydrogen-bond acceptors (Lipinski definition) is 4. The van der Waals surface area contributed by atoms with E-state index < -0.39 is 10.0 Å². The zero-order chi connectivity index (χ0) is 24.3. The highest BCUT2D eigenvalue weighted by Crippen LogP contribution is 2.32. The minimum Gasteiger partial charge on any atom is -0.355 e. The van der Waals surface area contributed by atoms with E-state index in [1.54, 1.807) is 24.3 Å². The minimum atomic E-state index is -3.75. The van der Waals surface area contributed by atoms with E-state index in [-0.39, 0.29) is 10.3 Å². The van der Waals surface area contributed by atoms with Crippen molar-refractivity contribution in [1.29, 1.82) is 0 Å². The first-order valence-electron chi connectivity index (χ1n) is 12.0. The van der Waals surface area contributed by atoms with Crippen molar-refractivity contribution in [2.24, 2.45) is 5.92 Å². The highest BCUT2D eigenvalue weighted by molar-refractivity contribution is 7.92. The van der Waals surface area contributed by atoms with E-state index >= 15 is 0 Å². The number of nitrogens with zero attached hydrogens (tertiary/aromatic N) is 2. The lowest BCUT2D eigenvalue weighted by molar-refractivity contribution is -0.109. The number of hydrogen-bond donors (Lipinski definition) is 2. The van der Waals surface area contributed by atoms with Gasteiger partial charge in [-0.2, -0.15) is 0 Å². The summed E-state index contributed by atoms with van der Waals surface area (Å²) >= 11 is 0. The molecule has 0 aliphatic heterocycles. The summed E-state index contributed by atoms with van der Waals surface area (Å²) in [5.74, 6) is 1.70. The van der Waals surface area contributed by atoms with E-state index in [0.29, 0.717) is 24.6 Å². The summed E-state index contributed by atoms with van der Waals surface area (Å²) in [6.45, 7) is 7.82. The Kier molecular flexibility index (Phi) is 6.98. The van der Waals surface area contributed by atoms with Crippen LogP contribution in [0.4, 0.5) is 5.69 Å². The fraction of sp³-hybridized carbons (Fsp3) is 0.462. The molecule has 0 unspecified atom stereocenters. The molecule has 1 aliphatic rings. The minimum absolute atomic E-state index is 0.117. The second-order valence-electron chi connectivity index (χ2n) is 10.3. The number of sulfonamides is 1. The normalized spacial score (nSPS) is 15.4. The van der Waals surface area contributed by atoms with Gasteiger partial charge in [-0.25, -0.2) is 13.4 Å². The van der Waals surface area contributed by atoms with Crippen LogP contribution in [0.3, 0.4) is 0 Å². The molecular formula is C26H34N4O3S. The van der Waals surface area contributed by atoms with Gasteiger partial charge in [-0.3, -0.25) is 9.52 Å². The fourth-order valence-corrected chi connectivity index (χ4v) is 5.79. The van der Waals surface area contributed by atoms with Crippen molar-refractivity contribution < 1.29 is 13.2 Å². The van der Waals surface area contributed by atoms with E-state index in [0.717, 1.165) is 29.0 Å². The SMILES string of the molecule is CC(C)(C)c1nc2cc(NS(=O)(=O)c3ccc(CNC=O)cc3)ccc2n1CC1CCCCC1. The number of aromatic nitrogens is 2. The lowest BCUT2D eigenvalue weighted by Gasteiger charge is -2.26. The molecule has 0 radical (unpaired) electrons. The van der Waals surface area contributed by atoms with Crippen molar-refractivity contribution in [2.75, 3.05) is 4.72 Å². The molecule has 1 aliphatic carbocycles. The van der Waals surface area contributed by atoms with Crippen LogP contribution in [-0.4, -0.2) is 24.4 Å². The van der Waals surface area contributed by atoms with Crippen molar-refractivity contribution in [3.63, 3.8) is 0 Å². The summed E-state index contributed by atoms with van der Waals surface area (Å²) in [5.41, 5.74) is 3.04. The number of imidazole rings is 1. The summed E-state index contributed by atoms with van der Waals surface area (Å²) in [7, 11) is -3.75. The molecule has 2 N–H and O–H groups in total. The average Bonchev–Trinajstić information content (AvgIpc) is 3.16. The lowest BCUT2D eigenvalue weighted by atomic mass is 9.88. The van der Waals surface area contributed by atoms with E-state index in [2.05, 4.69) is 35.4 Å². The number of rotatable bonds is 8. The molecule has 1 saturated carbocycles.